The number of alkyl halides is 1. The van der Waals surface area contributed by atoms with Gasteiger partial charge in [0.25, 0.3) is 0 Å². The average Bonchev–Trinajstić information content (AvgIpc) is 2.74. The Kier molecular flexibility index (Phi) is 3.57. The number of nitrogens with zero attached hydrogens (tertiary/aromatic N) is 2. The van der Waals surface area contributed by atoms with Gasteiger partial charge in [-0.25, -0.2) is 4.98 Å². The third kappa shape index (κ3) is 2.12. The second kappa shape index (κ2) is 4.96. The van der Waals surface area contributed by atoms with Gasteiger partial charge in [0.05, 0.1) is 24.0 Å². The van der Waals surface area contributed by atoms with Crippen LogP contribution in [0.25, 0.3) is 11.0 Å². The van der Waals surface area contributed by atoms with Crippen LogP contribution in [0.3, 0.4) is 0 Å². The highest BCUT2D eigenvalue weighted by molar-refractivity contribution is 6.16. The summed E-state index contributed by atoms with van der Waals surface area (Å²) in [4.78, 5) is 4.56. The minimum atomic E-state index is 0.405. The summed E-state index contributed by atoms with van der Waals surface area (Å²) in [7, 11) is 1.66. The molecule has 1 aromatic heterocycles. The van der Waals surface area contributed by atoms with E-state index in [4.69, 9.17) is 16.3 Å². The van der Waals surface area contributed by atoms with Crippen LogP contribution in [0.2, 0.25) is 0 Å². The molecular formula is C13H17ClN2O. The summed E-state index contributed by atoms with van der Waals surface area (Å²) >= 11 is 5.96. The molecule has 4 heteroatoms. The number of benzene rings is 1. The van der Waals surface area contributed by atoms with E-state index >= 15 is 0 Å². The van der Waals surface area contributed by atoms with Crippen LogP contribution in [0, 0.1) is 0 Å². The lowest BCUT2D eigenvalue weighted by molar-refractivity contribution is 0.415. The van der Waals surface area contributed by atoms with Crippen LogP contribution in [0.4, 0.5) is 0 Å². The zero-order chi connectivity index (χ0) is 12.4. The summed E-state index contributed by atoms with van der Waals surface area (Å²) in [5.41, 5.74) is 2.07. The van der Waals surface area contributed by atoms with Gasteiger partial charge in [-0.05, 0) is 25.5 Å². The van der Waals surface area contributed by atoms with E-state index in [0.29, 0.717) is 11.9 Å². The lowest BCUT2D eigenvalue weighted by Crippen LogP contribution is -2.07. The summed E-state index contributed by atoms with van der Waals surface area (Å²) in [6.45, 7) is 4.35. The van der Waals surface area contributed by atoms with Crippen molar-refractivity contribution in [1.29, 1.82) is 0 Å². The van der Waals surface area contributed by atoms with Gasteiger partial charge in [-0.2, -0.15) is 0 Å². The van der Waals surface area contributed by atoms with E-state index in [2.05, 4.69) is 23.4 Å². The normalized spacial score (nSPS) is 12.9. The van der Waals surface area contributed by atoms with E-state index in [9.17, 15) is 0 Å². The molecule has 0 aliphatic heterocycles. The molecule has 0 bridgehead atoms. The van der Waals surface area contributed by atoms with Crippen LogP contribution in [-0.4, -0.2) is 16.7 Å². The van der Waals surface area contributed by atoms with Gasteiger partial charge in [0.1, 0.15) is 11.6 Å². The Morgan fingerprint density at radius 2 is 2.24 bits per heavy atom. The Morgan fingerprint density at radius 1 is 1.47 bits per heavy atom. The van der Waals surface area contributed by atoms with Crippen molar-refractivity contribution in [3.8, 4) is 5.75 Å². The van der Waals surface area contributed by atoms with Crippen molar-refractivity contribution in [3.05, 3.63) is 24.0 Å². The first-order chi connectivity index (χ1) is 8.21. The van der Waals surface area contributed by atoms with E-state index in [-0.39, 0.29) is 0 Å². The van der Waals surface area contributed by atoms with Crippen molar-refractivity contribution >= 4 is 22.6 Å². The van der Waals surface area contributed by atoms with Crippen LogP contribution in [0.15, 0.2) is 18.2 Å². The first-order valence-corrected chi connectivity index (χ1v) is 6.35. The second-order valence-corrected chi connectivity index (χ2v) is 4.41. The van der Waals surface area contributed by atoms with Gasteiger partial charge < -0.3 is 9.30 Å². The van der Waals surface area contributed by atoms with E-state index in [1.165, 1.54) is 0 Å². The highest BCUT2D eigenvalue weighted by Gasteiger charge is 2.14. The standard InChI is InChI=1S/C13H17ClN2O/c1-4-9(2)16-12-6-5-10(17-3)7-11(12)15-13(16)8-14/h5-7,9H,4,8H2,1-3H3. The van der Waals surface area contributed by atoms with Crippen LogP contribution in [0.5, 0.6) is 5.75 Å². The van der Waals surface area contributed by atoms with Crippen molar-refractivity contribution in [2.24, 2.45) is 0 Å². The smallest absolute Gasteiger partial charge is 0.125 e. The fourth-order valence-electron chi connectivity index (χ4n) is 2.02. The Bertz CT molecular complexity index is 521. The van der Waals surface area contributed by atoms with Crippen molar-refractivity contribution < 1.29 is 4.74 Å². The molecule has 2 aromatic rings. The zero-order valence-corrected chi connectivity index (χ0v) is 11.2. The Hall–Kier alpha value is -1.22. The van der Waals surface area contributed by atoms with Crippen LogP contribution >= 0.6 is 11.6 Å². The fourth-order valence-corrected chi connectivity index (χ4v) is 2.21. The second-order valence-electron chi connectivity index (χ2n) is 4.14. The number of halogens is 1. The maximum Gasteiger partial charge on any atom is 0.125 e. The SMILES string of the molecule is CCC(C)n1c(CCl)nc2cc(OC)ccc21. The topological polar surface area (TPSA) is 27.1 Å². The number of imidazole rings is 1. The van der Waals surface area contributed by atoms with Gasteiger partial charge in [-0.1, -0.05) is 6.92 Å². The monoisotopic (exact) mass is 252 g/mol. The predicted octanol–water partition coefficient (Wildman–Crippen LogP) is 3.75. The van der Waals surface area contributed by atoms with Crippen molar-refractivity contribution in [2.75, 3.05) is 7.11 Å². The van der Waals surface area contributed by atoms with Gasteiger partial charge in [0.15, 0.2) is 0 Å². The maximum atomic E-state index is 5.96. The number of methoxy groups -OCH3 is 1. The van der Waals surface area contributed by atoms with E-state index in [1.54, 1.807) is 7.11 Å². The number of hydrogen-bond acceptors (Lipinski definition) is 2. The number of aromatic nitrogens is 2. The number of rotatable bonds is 4. The molecule has 0 aliphatic rings. The average molecular weight is 253 g/mol. The third-order valence-corrected chi connectivity index (χ3v) is 3.36. The van der Waals surface area contributed by atoms with E-state index < -0.39 is 0 Å². The van der Waals surface area contributed by atoms with Crippen molar-refractivity contribution in [3.63, 3.8) is 0 Å². The maximum absolute atomic E-state index is 5.96. The highest BCUT2D eigenvalue weighted by Crippen LogP contribution is 2.26. The molecule has 17 heavy (non-hydrogen) atoms. The molecule has 0 saturated heterocycles. The predicted molar refractivity (Wildman–Crippen MR) is 70.8 cm³/mol. The van der Waals surface area contributed by atoms with E-state index in [1.807, 2.05) is 18.2 Å². The molecule has 0 saturated carbocycles. The summed E-state index contributed by atoms with van der Waals surface area (Å²) in [5.74, 6) is 2.18. The zero-order valence-electron chi connectivity index (χ0n) is 10.4. The summed E-state index contributed by atoms with van der Waals surface area (Å²) < 4.78 is 7.42. The quantitative estimate of drug-likeness (QED) is 0.775. The van der Waals surface area contributed by atoms with Gasteiger partial charge in [0, 0.05) is 12.1 Å². The molecule has 0 fully saturated rings. The Morgan fingerprint density at radius 3 is 2.82 bits per heavy atom. The number of fused-ring (bicyclic) bond motifs is 1. The van der Waals surface area contributed by atoms with Crippen LogP contribution in [-0.2, 0) is 5.88 Å². The third-order valence-electron chi connectivity index (χ3n) is 3.12. The molecule has 1 aromatic carbocycles. The van der Waals surface area contributed by atoms with E-state index in [0.717, 1.165) is 29.0 Å². The molecule has 0 spiro atoms. The number of hydrogen-bond donors (Lipinski definition) is 0. The summed E-state index contributed by atoms with van der Waals surface area (Å²) in [6, 6.07) is 6.36. The molecule has 0 amide bonds. The molecule has 1 heterocycles. The van der Waals surface area contributed by atoms with Gasteiger partial charge in [-0.3, -0.25) is 0 Å². The Labute approximate surface area is 106 Å². The Balaban J connectivity index is 2.63. The van der Waals surface area contributed by atoms with Crippen molar-refractivity contribution in [1.82, 2.24) is 9.55 Å². The molecule has 1 atom stereocenters. The molecule has 3 nitrogen and oxygen atoms in total. The molecule has 92 valence electrons. The van der Waals surface area contributed by atoms with Gasteiger partial charge in [-0.15, -0.1) is 11.6 Å². The lowest BCUT2D eigenvalue weighted by Gasteiger charge is -2.14. The molecule has 1 unspecified atom stereocenters. The molecule has 0 N–H and O–H groups in total. The first-order valence-electron chi connectivity index (χ1n) is 5.82. The summed E-state index contributed by atoms with van der Waals surface area (Å²) in [5, 5.41) is 0. The molecule has 2 rings (SSSR count). The van der Waals surface area contributed by atoms with Gasteiger partial charge >= 0.3 is 0 Å². The molecular weight excluding hydrogens is 236 g/mol. The largest absolute Gasteiger partial charge is 0.497 e. The molecule has 0 radical (unpaired) electrons. The fraction of sp³-hybridized carbons (Fsp3) is 0.462. The minimum Gasteiger partial charge on any atom is -0.497 e. The summed E-state index contributed by atoms with van der Waals surface area (Å²) in [6.07, 6.45) is 1.06. The minimum absolute atomic E-state index is 0.405. The van der Waals surface area contributed by atoms with Crippen LogP contribution in [0.1, 0.15) is 32.1 Å². The molecule has 0 aliphatic carbocycles. The van der Waals surface area contributed by atoms with Crippen LogP contribution < -0.4 is 4.74 Å². The van der Waals surface area contributed by atoms with Gasteiger partial charge in [0.2, 0.25) is 0 Å². The van der Waals surface area contributed by atoms with Crippen molar-refractivity contribution in [2.45, 2.75) is 32.2 Å². The highest BCUT2D eigenvalue weighted by atomic mass is 35.5. The number of ether oxygens (including phenoxy) is 1. The first kappa shape index (κ1) is 12.2. The lowest BCUT2D eigenvalue weighted by atomic mass is 10.2.